The molecule has 0 aromatic heterocycles. The lowest BCUT2D eigenvalue weighted by molar-refractivity contribution is -0.116. The fourth-order valence-electron chi connectivity index (χ4n) is 2.37. The Morgan fingerprint density at radius 1 is 0.739 bits per heavy atom. The van der Waals surface area contributed by atoms with Crippen molar-refractivity contribution < 1.29 is 4.79 Å². The van der Waals surface area contributed by atoms with Crippen LogP contribution in [0.1, 0.15) is 57.1 Å². The second kappa shape index (κ2) is 12.6. The molecular formula is C22H30O. The van der Waals surface area contributed by atoms with Crippen LogP contribution in [-0.2, 0) is 17.6 Å². The number of Topliss-reactive ketones (excluding diaryl/α,β-unsaturated/α-hetero) is 1. The first kappa shape index (κ1) is 19.2. The molecule has 2 rings (SSSR count). The first-order valence-corrected chi connectivity index (χ1v) is 8.79. The zero-order valence-corrected chi connectivity index (χ0v) is 14.6. The van der Waals surface area contributed by atoms with Gasteiger partial charge in [0.25, 0.3) is 0 Å². The maximum atomic E-state index is 10.6. The van der Waals surface area contributed by atoms with Gasteiger partial charge in [0, 0.05) is 6.42 Å². The number of rotatable bonds is 8. The quantitative estimate of drug-likeness (QED) is 0.545. The summed E-state index contributed by atoms with van der Waals surface area (Å²) in [6.45, 7) is 3.88. The van der Waals surface area contributed by atoms with Crippen LogP contribution in [0.15, 0.2) is 60.7 Å². The summed E-state index contributed by atoms with van der Waals surface area (Å²) in [5.74, 6) is 0.258. The second-order valence-corrected chi connectivity index (χ2v) is 5.98. The number of hydrogen-bond donors (Lipinski definition) is 0. The van der Waals surface area contributed by atoms with E-state index >= 15 is 0 Å². The van der Waals surface area contributed by atoms with Crippen LogP contribution in [0.4, 0.5) is 0 Å². The number of ketones is 1. The summed E-state index contributed by atoms with van der Waals surface area (Å²) in [5, 5.41) is 0. The van der Waals surface area contributed by atoms with Crippen LogP contribution < -0.4 is 0 Å². The standard InChI is InChI=1S/C12H18.C10H12O/c1-2-3-4-6-9-12-10-7-5-8-11-12;1-9(11)7-8-10-5-3-2-4-6-10/h5,7-8,10-11H,2-4,6,9H2,1H3;2-6H,7-8H2,1H3. The average molecular weight is 310 g/mol. The van der Waals surface area contributed by atoms with Gasteiger partial charge in [-0.1, -0.05) is 86.8 Å². The van der Waals surface area contributed by atoms with Crippen molar-refractivity contribution in [2.24, 2.45) is 0 Å². The highest BCUT2D eigenvalue weighted by molar-refractivity contribution is 5.75. The number of hydrogen-bond acceptors (Lipinski definition) is 1. The molecule has 0 aliphatic carbocycles. The van der Waals surface area contributed by atoms with Crippen molar-refractivity contribution in [3.05, 3.63) is 71.8 Å². The molecule has 2 aromatic rings. The van der Waals surface area contributed by atoms with E-state index in [9.17, 15) is 4.79 Å². The maximum Gasteiger partial charge on any atom is 0.130 e. The van der Waals surface area contributed by atoms with Crippen molar-refractivity contribution in [1.82, 2.24) is 0 Å². The third kappa shape index (κ3) is 10.5. The highest BCUT2D eigenvalue weighted by Gasteiger charge is 1.94. The smallest absolute Gasteiger partial charge is 0.130 e. The monoisotopic (exact) mass is 310 g/mol. The van der Waals surface area contributed by atoms with Crippen LogP contribution in [0.3, 0.4) is 0 Å². The van der Waals surface area contributed by atoms with Crippen molar-refractivity contribution in [1.29, 1.82) is 0 Å². The van der Waals surface area contributed by atoms with Gasteiger partial charge in [0.05, 0.1) is 0 Å². The van der Waals surface area contributed by atoms with Crippen LogP contribution in [0, 0.1) is 0 Å². The van der Waals surface area contributed by atoms with E-state index in [2.05, 4.69) is 37.3 Å². The van der Waals surface area contributed by atoms with E-state index in [1.165, 1.54) is 43.2 Å². The minimum Gasteiger partial charge on any atom is -0.300 e. The normalized spacial score (nSPS) is 9.83. The molecule has 0 atom stereocenters. The number of benzene rings is 2. The average Bonchev–Trinajstić information content (AvgIpc) is 2.59. The lowest BCUT2D eigenvalue weighted by Gasteiger charge is -1.99. The molecule has 0 unspecified atom stereocenters. The van der Waals surface area contributed by atoms with E-state index in [-0.39, 0.29) is 5.78 Å². The minimum absolute atomic E-state index is 0.258. The number of carbonyl (C=O) groups is 1. The van der Waals surface area contributed by atoms with Crippen LogP contribution in [0.2, 0.25) is 0 Å². The van der Waals surface area contributed by atoms with Crippen LogP contribution in [0.25, 0.3) is 0 Å². The molecule has 0 amide bonds. The first-order valence-electron chi connectivity index (χ1n) is 8.79. The molecule has 124 valence electrons. The maximum absolute atomic E-state index is 10.6. The Bertz CT molecular complexity index is 516. The lowest BCUT2D eigenvalue weighted by atomic mass is 10.1. The van der Waals surface area contributed by atoms with Crippen molar-refractivity contribution in [3.63, 3.8) is 0 Å². The summed E-state index contributed by atoms with van der Waals surface area (Å²) >= 11 is 0. The summed E-state index contributed by atoms with van der Waals surface area (Å²) in [6, 6.07) is 20.8. The van der Waals surface area contributed by atoms with E-state index in [4.69, 9.17) is 0 Å². The van der Waals surface area contributed by atoms with Gasteiger partial charge >= 0.3 is 0 Å². The molecule has 0 aliphatic heterocycles. The Hall–Kier alpha value is -1.89. The third-order valence-electron chi connectivity index (χ3n) is 3.77. The van der Waals surface area contributed by atoms with E-state index in [0.717, 1.165) is 6.42 Å². The molecule has 0 radical (unpaired) electrons. The Morgan fingerprint density at radius 2 is 1.26 bits per heavy atom. The molecule has 1 nitrogen and oxygen atoms in total. The van der Waals surface area contributed by atoms with Gasteiger partial charge in [0.2, 0.25) is 0 Å². The molecule has 0 saturated carbocycles. The van der Waals surface area contributed by atoms with Crippen molar-refractivity contribution in [2.45, 2.75) is 58.8 Å². The highest BCUT2D eigenvalue weighted by Crippen LogP contribution is 2.06. The Balaban J connectivity index is 0.000000231. The summed E-state index contributed by atoms with van der Waals surface area (Å²) in [6.07, 6.45) is 8.21. The first-order chi connectivity index (χ1) is 11.2. The van der Waals surface area contributed by atoms with Crippen LogP contribution in [0.5, 0.6) is 0 Å². The van der Waals surface area contributed by atoms with E-state index < -0.39 is 0 Å². The topological polar surface area (TPSA) is 17.1 Å². The Kier molecular flexibility index (Phi) is 10.5. The predicted molar refractivity (Wildman–Crippen MR) is 99.7 cm³/mol. The number of unbranched alkanes of at least 4 members (excludes halogenated alkanes) is 3. The minimum atomic E-state index is 0.258. The number of carbonyl (C=O) groups excluding carboxylic acids is 1. The van der Waals surface area contributed by atoms with Gasteiger partial charge in [-0.25, -0.2) is 0 Å². The van der Waals surface area contributed by atoms with Gasteiger partial charge in [-0.15, -0.1) is 0 Å². The fourth-order valence-corrected chi connectivity index (χ4v) is 2.37. The van der Waals surface area contributed by atoms with E-state index in [1.54, 1.807) is 6.92 Å². The largest absolute Gasteiger partial charge is 0.300 e. The molecule has 0 bridgehead atoms. The second-order valence-electron chi connectivity index (χ2n) is 5.98. The van der Waals surface area contributed by atoms with Gasteiger partial charge in [0.15, 0.2) is 0 Å². The molecule has 2 aromatic carbocycles. The predicted octanol–water partition coefficient (Wildman–Crippen LogP) is 6.02. The third-order valence-corrected chi connectivity index (χ3v) is 3.77. The van der Waals surface area contributed by atoms with Gasteiger partial charge in [-0.05, 0) is 37.3 Å². The lowest BCUT2D eigenvalue weighted by Crippen LogP contribution is -1.92. The molecule has 0 aliphatic rings. The fraction of sp³-hybridized carbons (Fsp3) is 0.409. The SMILES string of the molecule is CC(=O)CCc1ccccc1.CCCCCCc1ccccc1. The van der Waals surface area contributed by atoms with E-state index in [0.29, 0.717) is 6.42 Å². The summed E-state index contributed by atoms with van der Waals surface area (Å²) in [4.78, 5) is 10.6. The van der Waals surface area contributed by atoms with Gasteiger partial charge in [-0.2, -0.15) is 0 Å². The Morgan fingerprint density at radius 3 is 1.74 bits per heavy atom. The van der Waals surface area contributed by atoms with Gasteiger partial charge < -0.3 is 4.79 Å². The molecule has 0 fully saturated rings. The molecule has 1 heteroatoms. The molecule has 0 N–H and O–H groups in total. The van der Waals surface area contributed by atoms with Gasteiger partial charge in [-0.3, -0.25) is 0 Å². The highest BCUT2D eigenvalue weighted by atomic mass is 16.1. The summed E-state index contributed by atoms with van der Waals surface area (Å²) < 4.78 is 0. The van der Waals surface area contributed by atoms with Crippen LogP contribution >= 0.6 is 0 Å². The molecule has 23 heavy (non-hydrogen) atoms. The summed E-state index contributed by atoms with van der Waals surface area (Å²) in [5.41, 5.74) is 2.72. The van der Waals surface area contributed by atoms with Crippen molar-refractivity contribution in [3.8, 4) is 0 Å². The molecule has 0 saturated heterocycles. The molecular weight excluding hydrogens is 280 g/mol. The Labute approximate surface area is 141 Å². The van der Waals surface area contributed by atoms with E-state index in [1.807, 2.05) is 30.3 Å². The zero-order chi connectivity index (χ0) is 16.8. The van der Waals surface area contributed by atoms with Crippen molar-refractivity contribution in [2.75, 3.05) is 0 Å². The van der Waals surface area contributed by atoms with Crippen molar-refractivity contribution >= 4 is 5.78 Å². The van der Waals surface area contributed by atoms with Crippen LogP contribution in [-0.4, -0.2) is 5.78 Å². The van der Waals surface area contributed by atoms with Gasteiger partial charge in [0.1, 0.15) is 5.78 Å². The summed E-state index contributed by atoms with van der Waals surface area (Å²) in [7, 11) is 0. The zero-order valence-electron chi connectivity index (χ0n) is 14.6. The number of aryl methyl sites for hydroxylation is 2. The molecule has 0 heterocycles. The molecule has 0 spiro atoms.